The number of methoxy groups -OCH3 is 1. The summed E-state index contributed by atoms with van der Waals surface area (Å²) in [6.45, 7) is 0.851. The van der Waals surface area contributed by atoms with E-state index in [2.05, 4.69) is 10.1 Å². The molecular weight excluding hydrogens is 256 g/mol. The van der Waals surface area contributed by atoms with Crippen molar-refractivity contribution in [3.8, 4) is 0 Å². The van der Waals surface area contributed by atoms with Crippen molar-refractivity contribution in [2.75, 3.05) is 33.4 Å². The summed E-state index contributed by atoms with van der Waals surface area (Å²) in [5.74, 6) is -1.82. The zero-order chi connectivity index (χ0) is 13.9. The molecule has 2 fully saturated rings. The first-order valence-electron chi connectivity index (χ1n) is 5.94. The molecule has 0 aromatic heterocycles. The Hall–Kier alpha value is -1.67. The van der Waals surface area contributed by atoms with E-state index >= 15 is 0 Å². The molecule has 2 aliphatic heterocycles. The largest absolute Gasteiger partial charge is 0.467 e. The van der Waals surface area contributed by atoms with Crippen molar-refractivity contribution in [1.29, 1.82) is 0 Å². The van der Waals surface area contributed by atoms with Crippen LogP contribution in [0.5, 0.6) is 0 Å². The first-order chi connectivity index (χ1) is 9.12. The van der Waals surface area contributed by atoms with Gasteiger partial charge in [0.05, 0.1) is 33.4 Å². The molecule has 2 heterocycles. The second-order valence-electron chi connectivity index (χ2n) is 4.37. The SMILES string of the molecule is COC(=O)[C@@H]1CC2(CN1C(=O)CNC=O)OCCO2. The standard InChI is InChI=1S/C11H16N2O6/c1-17-10(16)8-4-11(18-2-3-19-11)6-13(8)9(15)5-12-7-14/h7-8H,2-6H2,1H3,(H,12,14)/t8-/m0/s1. The molecule has 2 rings (SSSR count). The molecule has 0 radical (unpaired) electrons. The lowest BCUT2D eigenvalue weighted by atomic mass is 10.1. The Balaban J connectivity index is 2.11. The molecule has 2 amide bonds. The number of carbonyl (C=O) groups excluding carboxylic acids is 3. The molecule has 0 aliphatic carbocycles. The van der Waals surface area contributed by atoms with Gasteiger partial charge in [-0.25, -0.2) is 4.79 Å². The summed E-state index contributed by atoms with van der Waals surface area (Å²) in [5, 5.41) is 2.28. The maximum absolute atomic E-state index is 12.0. The molecule has 106 valence electrons. The van der Waals surface area contributed by atoms with E-state index in [1.54, 1.807) is 0 Å². The Kier molecular flexibility index (Phi) is 4.01. The van der Waals surface area contributed by atoms with Gasteiger partial charge in [0.1, 0.15) is 6.04 Å². The highest BCUT2D eigenvalue weighted by molar-refractivity contribution is 5.87. The molecule has 0 unspecified atom stereocenters. The van der Waals surface area contributed by atoms with E-state index in [4.69, 9.17) is 9.47 Å². The number of hydrogen-bond donors (Lipinski definition) is 1. The molecule has 0 saturated carbocycles. The van der Waals surface area contributed by atoms with Gasteiger partial charge in [0.25, 0.3) is 0 Å². The van der Waals surface area contributed by atoms with Crippen LogP contribution in [0.25, 0.3) is 0 Å². The van der Waals surface area contributed by atoms with Gasteiger partial charge in [0.15, 0.2) is 5.79 Å². The van der Waals surface area contributed by atoms with Crippen LogP contribution in [0.4, 0.5) is 0 Å². The predicted octanol–water partition coefficient (Wildman–Crippen LogP) is -1.75. The third-order valence-corrected chi connectivity index (χ3v) is 3.24. The Labute approximate surface area is 110 Å². The minimum absolute atomic E-state index is 0.159. The van der Waals surface area contributed by atoms with Gasteiger partial charge in [-0.1, -0.05) is 0 Å². The second kappa shape index (κ2) is 5.54. The van der Waals surface area contributed by atoms with Gasteiger partial charge in [-0.3, -0.25) is 9.59 Å². The lowest BCUT2D eigenvalue weighted by Crippen LogP contribution is -2.45. The van der Waals surface area contributed by atoms with Crippen LogP contribution in [-0.4, -0.2) is 68.4 Å². The highest BCUT2D eigenvalue weighted by atomic mass is 16.7. The molecule has 8 nitrogen and oxygen atoms in total. The lowest BCUT2D eigenvalue weighted by Gasteiger charge is -2.23. The number of ether oxygens (including phenoxy) is 3. The fourth-order valence-electron chi connectivity index (χ4n) is 2.38. The quantitative estimate of drug-likeness (QED) is 0.482. The molecule has 2 saturated heterocycles. The van der Waals surface area contributed by atoms with Crippen molar-refractivity contribution in [2.45, 2.75) is 18.2 Å². The topological polar surface area (TPSA) is 94.2 Å². The van der Waals surface area contributed by atoms with E-state index in [1.165, 1.54) is 12.0 Å². The van der Waals surface area contributed by atoms with Crippen LogP contribution in [-0.2, 0) is 28.6 Å². The third-order valence-electron chi connectivity index (χ3n) is 3.24. The molecule has 2 aliphatic rings. The highest BCUT2D eigenvalue weighted by Gasteiger charge is 2.52. The van der Waals surface area contributed by atoms with Crippen LogP contribution in [0.2, 0.25) is 0 Å². The van der Waals surface area contributed by atoms with Crippen molar-refractivity contribution in [1.82, 2.24) is 10.2 Å². The summed E-state index contributed by atoms with van der Waals surface area (Å²) < 4.78 is 15.7. The smallest absolute Gasteiger partial charge is 0.328 e. The number of hydrogen-bond acceptors (Lipinski definition) is 6. The number of rotatable bonds is 4. The van der Waals surface area contributed by atoms with Crippen molar-refractivity contribution in [3.05, 3.63) is 0 Å². The number of amides is 2. The summed E-state index contributed by atoms with van der Waals surface area (Å²) in [5.41, 5.74) is 0. The van der Waals surface area contributed by atoms with Crippen LogP contribution in [0.15, 0.2) is 0 Å². The van der Waals surface area contributed by atoms with E-state index < -0.39 is 17.8 Å². The molecule has 19 heavy (non-hydrogen) atoms. The number of nitrogens with one attached hydrogen (secondary N) is 1. The van der Waals surface area contributed by atoms with Crippen LogP contribution in [0.3, 0.4) is 0 Å². The Morgan fingerprint density at radius 2 is 2.16 bits per heavy atom. The van der Waals surface area contributed by atoms with E-state index in [0.29, 0.717) is 19.6 Å². The Bertz CT molecular complexity index is 379. The highest BCUT2D eigenvalue weighted by Crippen LogP contribution is 2.35. The molecule has 0 aromatic carbocycles. The molecule has 1 atom stereocenters. The average Bonchev–Trinajstić information content (AvgIpc) is 3.03. The maximum Gasteiger partial charge on any atom is 0.328 e. The molecular formula is C11H16N2O6. The van der Waals surface area contributed by atoms with Crippen LogP contribution >= 0.6 is 0 Å². The van der Waals surface area contributed by atoms with Gasteiger partial charge in [-0.05, 0) is 0 Å². The average molecular weight is 272 g/mol. The fraction of sp³-hybridized carbons (Fsp3) is 0.727. The molecule has 8 heteroatoms. The minimum atomic E-state index is -0.921. The van der Waals surface area contributed by atoms with Gasteiger partial charge >= 0.3 is 5.97 Å². The normalized spacial score (nSPS) is 24.5. The molecule has 0 aromatic rings. The lowest BCUT2D eigenvalue weighted by molar-refractivity contribution is -0.152. The number of carbonyl (C=O) groups is 3. The monoisotopic (exact) mass is 272 g/mol. The summed E-state index contributed by atoms with van der Waals surface area (Å²) >= 11 is 0. The molecule has 1 spiro atoms. The number of esters is 1. The van der Waals surface area contributed by atoms with E-state index in [1.807, 2.05) is 0 Å². The first-order valence-corrected chi connectivity index (χ1v) is 5.94. The van der Waals surface area contributed by atoms with E-state index in [-0.39, 0.29) is 25.4 Å². The first kappa shape index (κ1) is 13.8. The third kappa shape index (κ3) is 2.69. The second-order valence-corrected chi connectivity index (χ2v) is 4.37. The minimum Gasteiger partial charge on any atom is -0.467 e. The van der Waals surface area contributed by atoms with Gasteiger partial charge in [-0.2, -0.15) is 0 Å². The van der Waals surface area contributed by atoms with Crippen LogP contribution in [0, 0.1) is 0 Å². The number of nitrogens with zero attached hydrogens (tertiary/aromatic N) is 1. The summed E-state index contributed by atoms with van der Waals surface area (Å²) in [6, 6.07) is -0.746. The predicted molar refractivity (Wildman–Crippen MR) is 60.8 cm³/mol. The van der Waals surface area contributed by atoms with E-state index in [0.717, 1.165) is 0 Å². The Morgan fingerprint density at radius 3 is 2.74 bits per heavy atom. The Morgan fingerprint density at radius 1 is 1.47 bits per heavy atom. The van der Waals surface area contributed by atoms with E-state index in [9.17, 15) is 14.4 Å². The van der Waals surface area contributed by atoms with Gasteiger partial charge < -0.3 is 24.4 Å². The van der Waals surface area contributed by atoms with Crippen molar-refractivity contribution in [3.63, 3.8) is 0 Å². The molecule has 1 N–H and O–H groups in total. The van der Waals surface area contributed by atoms with Crippen molar-refractivity contribution in [2.24, 2.45) is 0 Å². The fourth-order valence-corrected chi connectivity index (χ4v) is 2.38. The zero-order valence-electron chi connectivity index (χ0n) is 10.6. The van der Waals surface area contributed by atoms with Gasteiger partial charge in [0.2, 0.25) is 12.3 Å². The summed E-state index contributed by atoms with van der Waals surface area (Å²) in [6.07, 6.45) is 0.673. The number of likely N-dealkylation sites (tertiary alicyclic amines) is 1. The van der Waals surface area contributed by atoms with Gasteiger partial charge in [0, 0.05) is 6.42 Å². The zero-order valence-corrected chi connectivity index (χ0v) is 10.6. The summed E-state index contributed by atoms with van der Waals surface area (Å²) in [7, 11) is 1.26. The van der Waals surface area contributed by atoms with Crippen LogP contribution < -0.4 is 5.32 Å². The maximum atomic E-state index is 12.0. The molecule has 0 bridgehead atoms. The van der Waals surface area contributed by atoms with Crippen molar-refractivity contribution >= 4 is 18.3 Å². The summed E-state index contributed by atoms with van der Waals surface area (Å²) in [4.78, 5) is 35.2. The van der Waals surface area contributed by atoms with Crippen LogP contribution in [0.1, 0.15) is 6.42 Å². The van der Waals surface area contributed by atoms with Crippen molar-refractivity contribution < 1.29 is 28.6 Å². The van der Waals surface area contributed by atoms with Gasteiger partial charge in [-0.15, -0.1) is 0 Å².